The first-order chi connectivity index (χ1) is 9.70. The molecule has 3 rings (SSSR count). The van der Waals surface area contributed by atoms with E-state index in [0.717, 1.165) is 11.3 Å². The van der Waals surface area contributed by atoms with Gasteiger partial charge in [0.25, 0.3) is 0 Å². The van der Waals surface area contributed by atoms with Crippen molar-refractivity contribution in [3.05, 3.63) is 54.4 Å². The Kier molecular flexibility index (Phi) is 2.87. The molecule has 0 bridgehead atoms. The Bertz CT molecular complexity index is 793. The zero-order chi connectivity index (χ0) is 14.1. The van der Waals surface area contributed by atoms with E-state index in [9.17, 15) is 4.79 Å². The molecule has 5 nitrogen and oxygen atoms in total. The van der Waals surface area contributed by atoms with Crippen LogP contribution < -0.4 is 5.73 Å². The van der Waals surface area contributed by atoms with E-state index in [1.165, 1.54) is 7.11 Å². The van der Waals surface area contributed by atoms with Crippen molar-refractivity contribution in [2.45, 2.75) is 0 Å². The Morgan fingerprint density at radius 3 is 2.75 bits per heavy atom. The second-order valence-corrected chi connectivity index (χ2v) is 4.34. The number of pyridine rings is 1. The van der Waals surface area contributed by atoms with Gasteiger partial charge in [-0.25, -0.2) is 9.78 Å². The number of anilines is 1. The molecule has 0 atom stereocenters. The Hall–Kier alpha value is -2.82. The maximum Gasteiger partial charge on any atom is 0.355 e. The predicted octanol–water partition coefficient (Wildman–Crippen LogP) is 2.37. The van der Waals surface area contributed by atoms with E-state index >= 15 is 0 Å². The van der Waals surface area contributed by atoms with Gasteiger partial charge in [0, 0.05) is 17.4 Å². The van der Waals surface area contributed by atoms with E-state index in [2.05, 4.69) is 4.98 Å². The fourth-order valence-electron chi connectivity index (χ4n) is 2.14. The molecule has 2 N–H and O–H groups in total. The Labute approximate surface area is 115 Å². The molecule has 0 fully saturated rings. The highest BCUT2D eigenvalue weighted by atomic mass is 16.5. The zero-order valence-corrected chi connectivity index (χ0v) is 10.9. The molecule has 0 aliphatic carbocycles. The Morgan fingerprint density at radius 1 is 1.20 bits per heavy atom. The summed E-state index contributed by atoms with van der Waals surface area (Å²) in [5.41, 5.74) is 9.27. The molecule has 2 heterocycles. The number of nitrogens with two attached hydrogens (primary N) is 1. The topological polar surface area (TPSA) is 69.6 Å². The van der Waals surface area contributed by atoms with Crippen molar-refractivity contribution in [2.24, 2.45) is 0 Å². The van der Waals surface area contributed by atoms with Crippen LogP contribution in [0, 0.1) is 0 Å². The highest BCUT2D eigenvalue weighted by Crippen LogP contribution is 2.25. The van der Waals surface area contributed by atoms with E-state index in [1.807, 2.05) is 30.3 Å². The maximum absolute atomic E-state index is 11.7. The smallest absolute Gasteiger partial charge is 0.355 e. The van der Waals surface area contributed by atoms with Gasteiger partial charge in [-0.05, 0) is 18.2 Å². The monoisotopic (exact) mass is 267 g/mol. The summed E-state index contributed by atoms with van der Waals surface area (Å²) in [5.74, 6) is -0.402. The average Bonchev–Trinajstić information content (AvgIpc) is 2.90. The first-order valence-corrected chi connectivity index (χ1v) is 6.12. The van der Waals surface area contributed by atoms with Gasteiger partial charge in [-0.3, -0.25) is 4.40 Å². The van der Waals surface area contributed by atoms with Crippen LogP contribution in [0.25, 0.3) is 16.9 Å². The van der Waals surface area contributed by atoms with E-state index in [4.69, 9.17) is 10.5 Å². The molecule has 20 heavy (non-hydrogen) atoms. The number of imidazole rings is 1. The number of esters is 1. The van der Waals surface area contributed by atoms with Crippen molar-refractivity contribution >= 4 is 17.3 Å². The summed E-state index contributed by atoms with van der Waals surface area (Å²) in [5, 5.41) is 0. The Balaban J connectivity index is 2.21. The van der Waals surface area contributed by atoms with Crippen molar-refractivity contribution in [1.82, 2.24) is 9.38 Å². The number of carbonyl (C=O) groups excluding carboxylic acids is 1. The van der Waals surface area contributed by atoms with Crippen molar-refractivity contribution in [3.8, 4) is 11.3 Å². The summed E-state index contributed by atoms with van der Waals surface area (Å²) in [7, 11) is 1.36. The van der Waals surface area contributed by atoms with Crippen LogP contribution in [0.1, 0.15) is 10.5 Å². The fraction of sp³-hybridized carbons (Fsp3) is 0.0667. The normalized spacial score (nSPS) is 10.7. The minimum absolute atomic E-state index is 0.402. The number of rotatable bonds is 2. The molecule has 3 aromatic rings. The SMILES string of the molecule is COC(=O)c1cccc2nc(-c3ccccc3N)cn12. The lowest BCUT2D eigenvalue weighted by Crippen LogP contribution is -2.06. The number of para-hydroxylation sites is 1. The molecule has 0 saturated carbocycles. The van der Waals surface area contributed by atoms with Crippen molar-refractivity contribution in [1.29, 1.82) is 0 Å². The molecular weight excluding hydrogens is 254 g/mol. The average molecular weight is 267 g/mol. The van der Waals surface area contributed by atoms with E-state index < -0.39 is 5.97 Å². The van der Waals surface area contributed by atoms with Crippen LogP contribution in [-0.4, -0.2) is 22.5 Å². The van der Waals surface area contributed by atoms with Gasteiger partial charge in [0.2, 0.25) is 0 Å². The third kappa shape index (κ3) is 1.89. The molecule has 0 aliphatic rings. The quantitative estimate of drug-likeness (QED) is 0.571. The summed E-state index contributed by atoms with van der Waals surface area (Å²) >= 11 is 0. The van der Waals surface area contributed by atoms with Gasteiger partial charge in [-0.1, -0.05) is 24.3 Å². The molecule has 1 aromatic carbocycles. The van der Waals surface area contributed by atoms with Gasteiger partial charge in [0.1, 0.15) is 11.3 Å². The molecule has 2 aromatic heterocycles. The number of fused-ring (bicyclic) bond motifs is 1. The number of benzene rings is 1. The van der Waals surface area contributed by atoms with Gasteiger partial charge < -0.3 is 10.5 Å². The molecule has 0 amide bonds. The number of hydrogen-bond acceptors (Lipinski definition) is 4. The maximum atomic E-state index is 11.7. The fourth-order valence-corrected chi connectivity index (χ4v) is 2.14. The molecule has 0 saturated heterocycles. The number of aromatic nitrogens is 2. The van der Waals surface area contributed by atoms with Gasteiger partial charge in [-0.2, -0.15) is 0 Å². The number of hydrogen-bond donors (Lipinski definition) is 1. The first kappa shape index (κ1) is 12.2. The predicted molar refractivity (Wildman–Crippen MR) is 76.4 cm³/mol. The summed E-state index contributed by atoms with van der Waals surface area (Å²) < 4.78 is 6.47. The van der Waals surface area contributed by atoms with Crippen LogP contribution in [0.5, 0.6) is 0 Å². The number of nitrogen functional groups attached to an aromatic ring is 1. The Morgan fingerprint density at radius 2 is 2.00 bits per heavy atom. The third-order valence-corrected chi connectivity index (χ3v) is 3.12. The van der Waals surface area contributed by atoms with Crippen LogP contribution in [0.3, 0.4) is 0 Å². The standard InChI is InChI=1S/C15H13N3O2/c1-20-15(19)13-7-4-8-14-17-12(9-18(13)14)10-5-2-3-6-11(10)16/h2-9H,16H2,1H3. The number of ether oxygens (including phenoxy) is 1. The molecule has 5 heteroatoms. The van der Waals surface area contributed by atoms with Crippen LogP contribution >= 0.6 is 0 Å². The van der Waals surface area contributed by atoms with Crippen molar-refractivity contribution in [2.75, 3.05) is 12.8 Å². The van der Waals surface area contributed by atoms with Crippen LogP contribution in [0.4, 0.5) is 5.69 Å². The van der Waals surface area contributed by atoms with E-state index in [-0.39, 0.29) is 0 Å². The van der Waals surface area contributed by atoms with Gasteiger partial charge in [0.05, 0.1) is 12.8 Å². The molecule has 100 valence electrons. The van der Waals surface area contributed by atoms with Gasteiger partial charge >= 0.3 is 5.97 Å². The summed E-state index contributed by atoms with van der Waals surface area (Å²) in [6, 6.07) is 12.8. The second-order valence-electron chi connectivity index (χ2n) is 4.34. The van der Waals surface area contributed by atoms with Crippen LogP contribution in [0.15, 0.2) is 48.7 Å². The summed E-state index contributed by atoms with van der Waals surface area (Å²) in [4.78, 5) is 16.2. The van der Waals surface area contributed by atoms with E-state index in [0.29, 0.717) is 17.0 Å². The highest BCUT2D eigenvalue weighted by Gasteiger charge is 2.13. The van der Waals surface area contributed by atoms with Crippen LogP contribution in [0.2, 0.25) is 0 Å². The number of methoxy groups -OCH3 is 1. The lowest BCUT2D eigenvalue weighted by atomic mass is 10.1. The summed E-state index contributed by atoms with van der Waals surface area (Å²) in [6.07, 6.45) is 1.78. The van der Waals surface area contributed by atoms with Gasteiger partial charge in [-0.15, -0.1) is 0 Å². The molecule has 0 aliphatic heterocycles. The minimum Gasteiger partial charge on any atom is -0.464 e. The van der Waals surface area contributed by atoms with Crippen LogP contribution in [-0.2, 0) is 4.74 Å². The second kappa shape index (κ2) is 4.70. The van der Waals surface area contributed by atoms with E-state index in [1.54, 1.807) is 22.7 Å². The number of carbonyl (C=O) groups is 1. The summed E-state index contributed by atoms with van der Waals surface area (Å²) in [6.45, 7) is 0. The lowest BCUT2D eigenvalue weighted by Gasteiger charge is -2.02. The van der Waals surface area contributed by atoms with Gasteiger partial charge in [0.15, 0.2) is 0 Å². The molecule has 0 unspecified atom stereocenters. The van der Waals surface area contributed by atoms with Crippen molar-refractivity contribution in [3.63, 3.8) is 0 Å². The van der Waals surface area contributed by atoms with Crippen molar-refractivity contribution < 1.29 is 9.53 Å². The highest BCUT2D eigenvalue weighted by molar-refractivity contribution is 5.88. The zero-order valence-electron chi connectivity index (χ0n) is 10.9. The molecule has 0 radical (unpaired) electrons. The molecule has 0 spiro atoms. The molecular formula is C15H13N3O2. The lowest BCUT2D eigenvalue weighted by molar-refractivity contribution is 0.0592. The number of nitrogens with zero attached hydrogens (tertiary/aromatic N) is 2. The largest absolute Gasteiger partial charge is 0.464 e. The first-order valence-electron chi connectivity index (χ1n) is 6.12. The minimum atomic E-state index is -0.402. The third-order valence-electron chi connectivity index (χ3n) is 3.12.